The number of nitrogens with two attached hydrogens (primary N) is 1. The van der Waals surface area contributed by atoms with Crippen molar-refractivity contribution in [1.29, 1.82) is 5.26 Å². The van der Waals surface area contributed by atoms with Crippen LogP contribution in [0.4, 0.5) is 5.82 Å². The molecule has 0 spiro atoms. The predicted octanol–water partition coefficient (Wildman–Crippen LogP) is 5.00. The predicted molar refractivity (Wildman–Crippen MR) is 135 cm³/mol. The molecule has 0 radical (unpaired) electrons. The second-order valence-corrected chi connectivity index (χ2v) is 8.98. The number of ketones is 1. The van der Waals surface area contributed by atoms with E-state index in [1.807, 2.05) is 0 Å². The summed E-state index contributed by atoms with van der Waals surface area (Å²) in [6, 6.07) is 12.8. The Hall–Kier alpha value is -3.55. The van der Waals surface area contributed by atoms with Crippen LogP contribution in [0.3, 0.4) is 0 Å². The van der Waals surface area contributed by atoms with Crippen molar-refractivity contribution in [2.45, 2.75) is 5.03 Å². The van der Waals surface area contributed by atoms with Crippen LogP contribution in [-0.2, 0) is 0 Å². The molecule has 0 aliphatic carbocycles. The van der Waals surface area contributed by atoms with Crippen LogP contribution in [0, 0.1) is 11.3 Å². The van der Waals surface area contributed by atoms with Gasteiger partial charge < -0.3 is 19.9 Å². The van der Waals surface area contributed by atoms with Gasteiger partial charge in [-0.15, -0.1) is 0 Å². The highest BCUT2D eigenvalue weighted by molar-refractivity contribution is 9.10. The number of carbonyl (C=O) groups excluding carboxylic acids is 1. The number of nitrogen functional groups attached to an aromatic ring is 1. The van der Waals surface area contributed by atoms with Gasteiger partial charge in [0, 0.05) is 26.9 Å². The second kappa shape index (κ2) is 9.75. The van der Waals surface area contributed by atoms with Gasteiger partial charge in [-0.2, -0.15) is 5.26 Å². The zero-order valence-corrected chi connectivity index (χ0v) is 20.9. The Morgan fingerprint density at radius 1 is 1.06 bits per heavy atom. The van der Waals surface area contributed by atoms with Crippen molar-refractivity contribution < 1.29 is 19.0 Å². The van der Waals surface area contributed by atoms with Crippen molar-refractivity contribution in [1.82, 2.24) is 9.97 Å². The fourth-order valence-electron chi connectivity index (χ4n) is 3.61. The Morgan fingerprint density at radius 2 is 1.74 bits per heavy atom. The highest BCUT2D eigenvalue weighted by Gasteiger charge is 2.23. The average molecular weight is 539 g/mol. The van der Waals surface area contributed by atoms with Crippen LogP contribution in [0.5, 0.6) is 17.4 Å². The number of ether oxygens (including phenoxy) is 3. The van der Waals surface area contributed by atoms with E-state index in [1.54, 1.807) is 36.4 Å². The number of hydrogen-bond acceptors (Lipinski definition) is 9. The van der Waals surface area contributed by atoms with Crippen LogP contribution < -0.4 is 19.9 Å². The Labute approximate surface area is 208 Å². The first kappa shape index (κ1) is 23.6. The van der Waals surface area contributed by atoms with Gasteiger partial charge in [-0.1, -0.05) is 39.8 Å². The number of anilines is 1. The number of benzene rings is 2. The summed E-state index contributed by atoms with van der Waals surface area (Å²) in [5, 5.41) is 12.0. The summed E-state index contributed by atoms with van der Waals surface area (Å²) in [4.78, 5) is 21.7. The molecule has 172 valence electrons. The van der Waals surface area contributed by atoms with E-state index >= 15 is 0 Å². The third-order valence-corrected chi connectivity index (χ3v) is 6.71. The van der Waals surface area contributed by atoms with Crippen LogP contribution in [0.2, 0.25) is 0 Å². The molecule has 2 aromatic heterocycles. The molecule has 0 aliphatic heterocycles. The van der Waals surface area contributed by atoms with Gasteiger partial charge in [-0.05, 0) is 18.2 Å². The Balaban J connectivity index is 1.90. The number of aromatic nitrogens is 2. The van der Waals surface area contributed by atoms with Crippen molar-refractivity contribution >= 4 is 61.0 Å². The number of methoxy groups -OCH3 is 3. The number of nitriles is 1. The number of thioether (sulfide) groups is 1. The van der Waals surface area contributed by atoms with Crippen LogP contribution in [-0.4, -0.2) is 42.8 Å². The molecular weight excluding hydrogens is 520 g/mol. The fraction of sp³-hybridized carbons (Fsp3) is 0.167. The van der Waals surface area contributed by atoms with Crippen LogP contribution in [0.1, 0.15) is 15.9 Å². The third-order valence-electron chi connectivity index (χ3n) is 5.21. The number of nitrogens with zero attached hydrogens (tertiary/aromatic N) is 3. The summed E-state index contributed by atoms with van der Waals surface area (Å²) in [6.07, 6.45) is 0. The zero-order chi connectivity index (χ0) is 24.4. The lowest BCUT2D eigenvalue weighted by Gasteiger charge is -2.15. The standard InChI is InChI=1S/C24H19BrN4O4S/c1-31-18-8-14-16(9-19(18)32-2)28-22(27)21-20(14)15(10-26)24(29-23(21)33-3)34-11-17(30)12-4-6-13(25)7-5-12/h4-9H,11H2,1-3H3,(H2,27,28). The maximum atomic E-state index is 12.7. The highest BCUT2D eigenvalue weighted by atomic mass is 79.9. The van der Waals surface area contributed by atoms with Gasteiger partial charge in [0.2, 0.25) is 5.88 Å². The number of hydrogen-bond donors (Lipinski definition) is 1. The van der Waals surface area contributed by atoms with E-state index in [4.69, 9.17) is 19.9 Å². The van der Waals surface area contributed by atoms with E-state index in [0.29, 0.717) is 43.8 Å². The molecule has 0 fully saturated rings. The number of fused-ring (bicyclic) bond motifs is 3. The van der Waals surface area contributed by atoms with Crippen molar-refractivity contribution in [3.63, 3.8) is 0 Å². The molecule has 0 aliphatic rings. The van der Waals surface area contributed by atoms with Gasteiger partial charge in [0.1, 0.15) is 16.9 Å². The molecule has 2 heterocycles. The van der Waals surface area contributed by atoms with Gasteiger partial charge in [-0.25, -0.2) is 9.97 Å². The molecule has 0 atom stereocenters. The van der Waals surface area contributed by atoms with E-state index in [9.17, 15) is 10.1 Å². The summed E-state index contributed by atoms with van der Waals surface area (Å²) in [6.45, 7) is 0. The molecule has 0 bridgehead atoms. The molecule has 10 heteroatoms. The molecule has 2 aromatic carbocycles. The molecule has 4 aromatic rings. The minimum absolute atomic E-state index is 0.0900. The number of halogens is 1. The van der Waals surface area contributed by atoms with E-state index in [1.165, 1.54) is 21.3 Å². The first-order valence-electron chi connectivity index (χ1n) is 9.96. The average Bonchev–Trinajstić information content (AvgIpc) is 2.86. The molecule has 0 amide bonds. The smallest absolute Gasteiger partial charge is 0.226 e. The summed E-state index contributed by atoms with van der Waals surface area (Å²) in [5.41, 5.74) is 7.63. The first-order valence-corrected chi connectivity index (χ1v) is 11.7. The fourth-order valence-corrected chi connectivity index (χ4v) is 4.74. The molecular formula is C24H19BrN4O4S. The molecule has 34 heavy (non-hydrogen) atoms. The minimum Gasteiger partial charge on any atom is -0.493 e. The second-order valence-electron chi connectivity index (χ2n) is 7.10. The Kier molecular flexibility index (Phi) is 6.77. The molecule has 0 saturated heterocycles. The van der Waals surface area contributed by atoms with Gasteiger partial charge in [0.25, 0.3) is 0 Å². The van der Waals surface area contributed by atoms with E-state index in [-0.39, 0.29) is 28.8 Å². The van der Waals surface area contributed by atoms with E-state index in [2.05, 4.69) is 32.0 Å². The third kappa shape index (κ3) is 4.20. The first-order chi connectivity index (χ1) is 16.4. The Bertz CT molecular complexity index is 1470. The summed E-state index contributed by atoms with van der Waals surface area (Å²) < 4.78 is 17.2. The van der Waals surface area contributed by atoms with Crippen molar-refractivity contribution in [3.05, 3.63) is 52.0 Å². The van der Waals surface area contributed by atoms with Crippen molar-refractivity contribution in [2.75, 3.05) is 32.8 Å². The summed E-state index contributed by atoms with van der Waals surface area (Å²) in [5.74, 6) is 1.34. The minimum atomic E-state index is -0.0900. The number of rotatable bonds is 7. The van der Waals surface area contributed by atoms with Gasteiger partial charge in [-0.3, -0.25) is 4.79 Å². The maximum Gasteiger partial charge on any atom is 0.226 e. The van der Waals surface area contributed by atoms with Crippen LogP contribution in [0.15, 0.2) is 45.9 Å². The molecule has 8 nitrogen and oxygen atoms in total. The maximum absolute atomic E-state index is 12.7. The SMILES string of the molecule is COc1cc2nc(N)c3c(OC)nc(SCC(=O)c4ccc(Br)cc4)c(C#N)c3c2cc1OC. The van der Waals surface area contributed by atoms with Gasteiger partial charge >= 0.3 is 0 Å². The highest BCUT2D eigenvalue weighted by Crippen LogP contribution is 2.42. The summed E-state index contributed by atoms with van der Waals surface area (Å²) >= 11 is 4.53. The molecule has 0 saturated carbocycles. The molecule has 4 rings (SSSR count). The molecule has 2 N–H and O–H groups in total. The topological polar surface area (TPSA) is 120 Å². The lowest BCUT2D eigenvalue weighted by molar-refractivity contribution is 0.102. The quantitative estimate of drug-likeness (QED) is 0.197. The number of Topliss-reactive ketones (excluding diaryl/α,β-unsaturated/α-hetero) is 1. The Morgan fingerprint density at radius 3 is 2.35 bits per heavy atom. The monoisotopic (exact) mass is 538 g/mol. The van der Waals surface area contributed by atoms with E-state index in [0.717, 1.165) is 16.2 Å². The molecule has 0 unspecified atom stereocenters. The lowest BCUT2D eigenvalue weighted by atomic mass is 10.0. The zero-order valence-electron chi connectivity index (χ0n) is 18.5. The van der Waals surface area contributed by atoms with Crippen LogP contribution >= 0.6 is 27.7 Å². The largest absolute Gasteiger partial charge is 0.493 e. The van der Waals surface area contributed by atoms with Crippen LogP contribution in [0.25, 0.3) is 21.7 Å². The lowest BCUT2D eigenvalue weighted by Crippen LogP contribution is -2.05. The van der Waals surface area contributed by atoms with Gasteiger partial charge in [0.05, 0.1) is 43.5 Å². The number of pyridine rings is 2. The summed E-state index contributed by atoms with van der Waals surface area (Å²) in [7, 11) is 4.52. The van der Waals surface area contributed by atoms with Crippen molar-refractivity contribution in [3.8, 4) is 23.4 Å². The number of carbonyl (C=O) groups is 1. The normalized spacial score (nSPS) is 10.8. The van der Waals surface area contributed by atoms with Crippen molar-refractivity contribution in [2.24, 2.45) is 0 Å². The van der Waals surface area contributed by atoms with E-state index < -0.39 is 0 Å². The van der Waals surface area contributed by atoms with Gasteiger partial charge in [0.15, 0.2) is 17.3 Å².